The largest absolute Gasteiger partial charge is 0.419 e. The first-order chi connectivity index (χ1) is 13.7. The maximum atomic E-state index is 13.3. The molecule has 150 valence electrons. The molecule has 29 heavy (non-hydrogen) atoms. The van der Waals surface area contributed by atoms with E-state index in [2.05, 4.69) is 10.3 Å². The minimum absolute atomic E-state index is 0.148. The number of carbonyl (C=O) groups is 2. The Kier molecular flexibility index (Phi) is 4.52. The highest BCUT2D eigenvalue weighted by molar-refractivity contribution is 6.07. The molecule has 2 aromatic carbocycles. The number of hydrogen-bond donors (Lipinski definition) is 2. The molecule has 0 bridgehead atoms. The third-order valence-electron chi connectivity index (χ3n) is 4.90. The number of para-hydroxylation sites is 1. The minimum atomic E-state index is -4.86. The van der Waals surface area contributed by atoms with Crippen LogP contribution in [-0.2, 0) is 11.0 Å². The van der Waals surface area contributed by atoms with Crippen molar-refractivity contribution in [1.29, 1.82) is 0 Å². The summed E-state index contributed by atoms with van der Waals surface area (Å²) < 4.78 is 51.7. The summed E-state index contributed by atoms with van der Waals surface area (Å²) in [6.07, 6.45) is -3.25. The molecule has 0 atom stereocenters. The first kappa shape index (κ1) is 19.0. The summed E-state index contributed by atoms with van der Waals surface area (Å²) in [5.41, 5.74) is -0.277. The molecule has 1 aromatic heterocycles. The smallest absolute Gasteiger partial charge is 0.360 e. The monoisotopic (exact) mass is 405 g/mol. The van der Waals surface area contributed by atoms with Crippen LogP contribution in [0.5, 0.6) is 0 Å². The highest BCUT2D eigenvalue weighted by Gasteiger charge is 2.38. The fourth-order valence-corrected chi connectivity index (χ4v) is 3.29. The summed E-state index contributed by atoms with van der Waals surface area (Å²) >= 11 is 0. The van der Waals surface area contributed by atoms with Crippen molar-refractivity contribution in [2.24, 2.45) is 5.92 Å². The van der Waals surface area contributed by atoms with Gasteiger partial charge in [0, 0.05) is 35.9 Å². The van der Waals surface area contributed by atoms with E-state index in [0.29, 0.717) is 17.7 Å². The van der Waals surface area contributed by atoms with E-state index in [-0.39, 0.29) is 24.7 Å². The van der Waals surface area contributed by atoms with E-state index in [4.69, 9.17) is 0 Å². The van der Waals surface area contributed by atoms with Gasteiger partial charge in [-0.1, -0.05) is 18.2 Å². The van der Waals surface area contributed by atoms with Crippen LogP contribution in [0.3, 0.4) is 0 Å². The lowest BCUT2D eigenvalue weighted by Crippen LogP contribution is -2.54. The Hall–Kier alpha value is -3.36. The number of likely N-dealkylation sites (tertiary alicyclic amines) is 1. The van der Waals surface area contributed by atoms with Crippen molar-refractivity contribution < 1.29 is 27.2 Å². The number of amides is 2. The number of anilines is 1. The number of hydrogen-bond acceptors (Lipinski definition) is 2. The molecule has 1 aliphatic rings. The van der Waals surface area contributed by atoms with E-state index in [0.717, 1.165) is 17.0 Å². The number of carbonyl (C=O) groups excluding carboxylic acids is 2. The number of nitrogens with one attached hydrogen (secondary N) is 2. The Labute approximate surface area is 162 Å². The van der Waals surface area contributed by atoms with Crippen molar-refractivity contribution in [2.45, 2.75) is 6.18 Å². The van der Waals surface area contributed by atoms with Crippen LogP contribution in [-0.4, -0.2) is 34.8 Å². The third-order valence-corrected chi connectivity index (χ3v) is 4.90. The highest BCUT2D eigenvalue weighted by Crippen LogP contribution is 2.33. The van der Waals surface area contributed by atoms with Gasteiger partial charge in [0.25, 0.3) is 5.91 Å². The van der Waals surface area contributed by atoms with Gasteiger partial charge in [-0.2, -0.15) is 13.2 Å². The van der Waals surface area contributed by atoms with E-state index in [1.165, 1.54) is 4.90 Å². The van der Waals surface area contributed by atoms with Crippen LogP contribution in [0.2, 0.25) is 0 Å². The molecular weight excluding hydrogens is 390 g/mol. The Bertz CT molecular complexity index is 1100. The predicted octanol–water partition coefficient (Wildman–Crippen LogP) is 4.04. The number of H-pyrrole nitrogens is 1. The molecule has 5 nitrogen and oxygen atoms in total. The molecule has 0 saturated carbocycles. The predicted molar refractivity (Wildman–Crippen MR) is 97.7 cm³/mol. The van der Waals surface area contributed by atoms with Gasteiger partial charge >= 0.3 is 6.18 Å². The van der Waals surface area contributed by atoms with Crippen LogP contribution in [0.15, 0.2) is 48.7 Å². The van der Waals surface area contributed by atoms with Gasteiger partial charge in [0.15, 0.2) is 0 Å². The zero-order chi connectivity index (χ0) is 20.8. The van der Waals surface area contributed by atoms with Crippen molar-refractivity contribution in [3.8, 4) is 0 Å². The van der Waals surface area contributed by atoms with Gasteiger partial charge in [-0.3, -0.25) is 9.59 Å². The zero-order valence-corrected chi connectivity index (χ0v) is 14.9. The average molecular weight is 405 g/mol. The van der Waals surface area contributed by atoms with Crippen LogP contribution in [0.1, 0.15) is 15.9 Å². The molecule has 2 N–H and O–H groups in total. The number of halogens is 4. The number of benzene rings is 2. The summed E-state index contributed by atoms with van der Waals surface area (Å²) in [7, 11) is 0. The van der Waals surface area contributed by atoms with Crippen molar-refractivity contribution in [3.05, 3.63) is 65.6 Å². The van der Waals surface area contributed by atoms with Gasteiger partial charge in [0.1, 0.15) is 5.82 Å². The van der Waals surface area contributed by atoms with Gasteiger partial charge in [0.2, 0.25) is 5.91 Å². The molecular formula is C20H15F4N3O2. The Morgan fingerprint density at radius 2 is 1.83 bits per heavy atom. The molecule has 0 aliphatic carbocycles. The number of aromatic nitrogens is 1. The number of fused-ring (bicyclic) bond motifs is 1. The second-order valence-electron chi connectivity index (χ2n) is 6.84. The molecule has 0 radical (unpaired) electrons. The summed E-state index contributed by atoms with van der Waals surface area (Å²) in [6, 6.07) is 9.60. The van der Waals surface area contributed by atoms with Crippen LogP contribution < -0.4 is 5.32 Å². The molecule has 1 fully saturated rings. The molecule has 2 heterocycles. The molecule has 1 saturated heterocycles. The summed E-state index contributed by atoms with van der Waals surface area (Å²) in [4.78, 5) is 29.4. The van der Waals surface area contributed by atoms with Gasteiger partial charge in [-0.15, -0.1) is 0 Å². The number of alkyl halides is 3. The average Bonchev–Trinajstić information content (AvgIpc) is 3.05. The van der Waals surface area contributed by atoms with E-state index < -0.39 is 29.4 Å². The van der Waals surface area contributed by atoms with Crippen LogP contribution >= 0.6 is 0 Å². The van der Waals surface area contributed by atoms with Crippen molar-refractivity contribution in [2.75, 3.05) is 18.4 Å². The first-order valence-electron chi connectivity index (χ1n) is 8.77. The van der Waals surface area contributed by atoms with Gasteiger partial charge in [-0.25, -0.2) is 4.39 Å². The van der Waals surface area contributed by atoms with Gasteiger partial charge in [-0.05, 0) is 24.3 Å². The molecule has 9 heteroatoms. The fraction of sp³-hybridized carbons (Fsp3) is 0.200. The molecule has 3 aromatic rings. The number of aromatic amines is 1. The lowest BCUT2D eigenvalue weighted by Gasteiger charge is -2.38. The number of rotatable bonds is 3. The Morgan fingerprint density at radius 1 is 1.10 bits per heavy atom. The van der Waals surface area contributed by atoms with Crippen LogP contribution in [0.25, 0.3) is 10.9 Å². The van der Waals surface area contributed by atoms with Crippen molar-refractivity contribution >= 4 is 28.4 Å². The van der Waals surface area contributed by atoms with E-state index >= 15 is 0 Å². The van der Waals surface area contributed by atoms with Crippen LogP contribution in [0, 0.1) is 11.7 Å². The van der Waals surface area contributed by atoms with E-state index in [1.54, 1.807) is 6.20 Å². The summed E-state index contributed by atoms with van der Waals surface area (Å²) in [5.74, 6) is -2.71. The molecule has 2 amide bonds. The van der Waals surface area contributed by atoms with Crippen LogP contribution in [0.4, 0.5) is 23.2 Å². The van der Waals surface area contributed by atoms with E-state index in [9.17, 15) is 27.2 Å². The summed E-state index contributed by atoms with van der Waals surface area (Å²) in [5, 5.41) is 3.13. The lowest BCUT2D eigenvalue weighted by molar-refractivity contribution is -0.140. The maximum Gasteiger partial charge on any atom is 0.419 e. The second kappa shape index (κ2) is 6.91. The fourth-order valence-electron chi connectivity index (χ4n) is 3.29. The maximum absolute atomic E-state index is 13.3. The third kappa shape index (κ3) is 3.55. The van der Waals surface area contributed by atoms with Gasteiger partial charge in [0.05, 0.1) is 17.0 Å². The molecule has 0 spiro atoms. The first-order valence-corrected chi connectivity index (χ1v) is 8.77. The van der Waals surface area contributed by atoms with E-state index in [1.807, 2.05) is 24.3 Å². The second-order valence-corrected chi connectivity index (χ2v) is 6.84. The Balaban J connectivity index is 1.40. The van der Waals surface area contributed by atoms with Gasteiger partial charge < -0.3 is 15.2 Å². The molecule has 1 aliphatic heterocycles. The quantitative estimate of drug-likeness (QED) is 0.646. The lowest BCUT2D eigenvalue weighted by atomic mass is 9.97. The summed E-state index contributed by atoms with van der Waals surface area (Å²) in [6.45, 7) is 0.301. The SMILES string of the molecule is O=C(Nc1ccc(F)c(C(F)(F)F)c1)C1CN(C(=O)c2c[nH]c3ccccc23)C1. The normalized spacial score (nSPS) is 14.7. The standard InChI is InChI=1S/C20H15F4N3O2/c21-16-6-5-12(7-15(16)20(22,23)24)26-18(28)11-9-27(10-11)19(29)14-8-25-17-4-2-1-3-13(14)17/h1-8,11,25H,9-10H2,(H,26,28). The van der Waals surface area contributed by atoms with Crippen molar-refractivity contribution in [3.63, 3.8) is 0 Å². The topological polar surface area (TPSA) is 65.2 Å². The highest BCUT2D eigenvalue weighted by atomic mass is 19.4. The van der Waals surface area contributed by atoms with Crippen molar-refractivity contribution in [1.82, 2.24) is 9.88 Å². The molecule has 0 unspecified atom stereocenters. The zero-order valence-electron chi connectivity index (χ0n) is 14.9. The minimum Gasteiger partial charge on any atom is -0.360 e. The number of nitrogens with zero attached hydrogens (tertiary/aromatic N) is 1. The molecule has 4 rings (SSSR count). The Morgan fingerprint density at radius 3 is 2.55 bits per heavy atom.